The summed E-state index contributed by atoms with van der Waals surface area (Å²) in [6, 6.07) is 70.1. The number of benzene rings is 10. The van der Waals surface area contributed by atoms with E-state index in [1.165, 1.54) is 28.3 Å². The lowest BCUT2D eigenvalue weighted by molar-refractivity contribution is 0.586. The third-order valence-corrected chi connectivity index (χ3v) is 17.1. The molecule has 0 radical (unpaired) electrons. The molecule has 0 fully saturated rings. The molecule has 1 aromatic heterocycles. The van der Waals surface area contributed by atoms with Gasteiger partial charge in [-0.15, -0.1) is 0 Å². The number of hydrogen-bond donors (Lipinski definition) is 0. The van der Waals surface area contributed by atoms with E-state index in [0.717, 1.165) is 106 Å². The van der Waals surface area contributed by atoms with Crippen LogP contribution in [0.2, 0.25) is 0 Å². The first-order chi connectivity index (χ1) is 36.5. The van der Waals surface area contributed by atoms with Crippen LogP contribution in [0.1, 0.15) is 99.9 Å². The van der Waals surface area contributed by atoms with Crippen molar-refractivity contribution in [1.82, 2.24) is 0 Å². The maximum absolute atomic E-state index is 17.4. The van der Waals surface area contributed by atoms with E-state index in [2.05, 4.69) is 212 Å². The maximum Gasteiger partial charge on any atom is 0.136 e. The molecule has 0 saturated heterocycles. The van der Waals surface area contributed by atoms with Crippen LogP contribution in [0.25, 0.3) is 77.6 Å². The third kappa shape index (κ3) is 6.55. The van der Waals surface area contributed by atoms with Gasteiger partial charge in [0.2, 0.25) is 0 Å². The second kappa shape index (κ2) is 16.1. The number of furan rings is 1. The van der Waals surface area contributed by atoms with Gasteiger partial charge in [-0.1, -0.05) is 189 Å². The molecule has 1 spiro atoms. The van der Waals surface area contributed by atoms with Crippen molar-refractivity contribution in [2.75, 3.05) is 4.90 Å². The van der Waals surface area contributed by atoms with Gasteiger partial charge in [0, 0.05) is 44.4 Å². The molecule has 11 aromatic rings. The molecule has 10 aromatic carbocycles. The Kier molecular flexibility index (Phi) is 9.78. The van der Waals surface area contributed by atoms with Crippen LogP contribution in [0.3, 0.4) is 0 Å². The summed E-state index contributed by atoms with van der Waals surface area (Å²) in [5.74, 6) is -0.863. The van der Waals surface area contributed by atoms with Crippen molar-refractivity contribution in [1.29, 1.82) is 0 Å². The second-order valence-electron chi connectivity index (χ2n) is 23.9. The zero-order chi connectivity index (χ0) is 52.2. The molecule has 3 aliphatic carbocycles. The quantitative estimate of drug-likeness (QED) is 0.171. The van der Waals surface area contributed by atoms with Crippen LogP contribution in [-0.4, -0.2) is 0 Å². The van der Waals surface area contributed by atoms with Crippen molar-refractivity contribution in [2.24, 2.45) is 0 Å². The lowest BCUT2D eigenvalue weighted by Gasteiger charge is -2.34. The van der Waals surface area contributed by atoms with Crippen molar-refractivity contribution in [2.45, 2.75) is 77.0 Å². The molecule has 4 heteroatoms. The summed E-state index contributed by atoms with van der Waals surface area (Å²) in [4.78, 5) is 2.34. The predicted octanol–water partition coefficient (Wildman–Crippen LogP) is 19.9. The number of rotatable bonds is 5. The van der Waals surface area contributed by atoms with Crippen LogP contribution in [-0.2, 0) is 21.7 Å². The summed E-state index contributed by atoms with van der Waals surface area (Å²) in [6.45, 7) is 18.0. The van der Waals surface area contributed by atoms with Crippen LogP contribution < -0.4 is 4.90 Å². The van der Waals surface area contributed by atoms with Gasteiger partial charge >= 0.3 is 0 Å². The van der Waals surface area contributed by atoms with E-state index in [-0.39, 0.29) is 16.2 Å². The van der Waals surface area contributed by atoms with Crippen molar-refractivity contribution in [3.63, 3.8) is 0 Å². The normalized spacial score (nSPS) is 14.4. The largest absolute Gasteiger partial charge is 0.456 e. The zero-order valence-electron chi connectivity index (χ0n) is 44.2. The molecule has 0 bridgehead atoms. The summed E-state index contributed by atoms with van der Waals surface area (Å²) in [7, 11) is 0. The summed E-state index contributed by atoms with van der Waals surface area (Å²) < 4.78 is 40.8. The number of anilines is 3. The van der Waals surface area contributed by atoms with Crippen LogP contribution in [0, 0.1) is 11.6 Å². The van der Waals surface area contributed by atoms with Gasteiger partial charge in [-0.25, -0.2) is 8.78 Å². The first kappa shape index (κ1) is 46.2. The van der Waals surface area contributed by atoms with Crippen LogP contribution in [0.15, 0.2) is 205 Å². The van der Waals surface area contributed by atoms with Gasteiger partial charge in [0.15, 0.2) is 0 Å². The van der Waals surface area contributed by atoms with Gasteiger partial charge in [-0.3, -0.25) is 0 Å². The summed E-state index contributed by atoms with van der Waals surface area (Å²) in [6.07, 6.45) is 0. The highest BCUT2D eigenvalue weighted by Gasteiger charge is 2.55. The van der Waals surface area contributed by atoms with Crippen LogP contribution in [0.5, 0.6) is 0 Å². The van der Waals surface area contributed by atoms with Crippen molar-refractivity contribution in [3.05, 3.63) is 256 Å². The lowest BCUT2D eigenvalue weighted by Crippen LogP contribution is -2.28. The standard InChI is InChI=1S/C72H57F2NO/c1-69(2,3)45-26-32-53-54-33-27-46(70(4,5)6)40-61(54)72(60(53)39-45)58-20-14-21-62(73)66(58)67-63(74)36-35-50(68(67)72)44-15-13-16-48(37-44)75(49-30-34-52-51-17-9-11-19-57(51)71(7,8)59(52)41-49)47-28-23-42(24-29-47)43-25-31-56-55-18-10-12-22-64(55)76-65(56)38-43/h9-41H,1-8H3. The van der Waals surface area contributed by atoms with E-state index in [4.69, 9.17) is 4.42 Å². The Morgan fingerprint density at radius 2 is 0.947 bits per heavy atom. The number of halogens is 2. The molecule has 14 rings (SSSR count). The van der Waals surface area contributed by atoms with Crippen molar-refractivity contribution < 1.29 is 13.2 Å². The van der Waals surface area contributed by atoms with Gasteiger partial charge in [0.25, 0.3) is 0 Å². The Balaban J connectivity index is 0.986. The molecular formula is C72H57F2NO. The minimum atomic E-state index is -1.03. The molecule has 0 N–H and O–H groups in total. The highest BCUT2D eigenvalue weighted by molar-refractivity contribution is 6.06. The van der Waals surface area contributed by atoms with E-state index in [1.807, 2.05) is 30.3 Å². The Hall–Kier alpha value is -8.34. The molecular weight excluding hydrogens is 933 g/mol. The fraction of sp³-hybridized carbons (Fsp3) is 0.167. The first-order valence-corrected chi connectivity index (χ1v) is 26.6. The summed E-state index contributed by atoms with van der Waals surface area (Å²) >= 11 is 0. The van der Waals surface area contributed by atoms with Crippen molar-refractivity contribution in [3.8, 4) is 55.6 Å². The highest BCUT2D eigenvalue weighted by Crippen LogP contribution is 2.66. The molecule has 0 amide bonds. The van der Waals surface area contributed by atoms with Crippen molar-refractivity contribution >= 4 is 39.0 Å². The molecule has 76 heavy (non-hydrogen) atoms. The number of hydrogen-bond acceptors (Lipinski definition) is 2. The molecule has 2 nitrogen and oxygen atoms in total. The molecule has 0 unspecified atom stereocenters. The summed E-state index contributed by atoms with van der Waals surface area (Å²) in [5.41, 5.74) is 20.9. The average Bonchev–Trinajstić information content (AvgIpc) is 3.74. The van der Waals surface area contributed by atoms with Gasteiger partial charge in [-0.05, 0) is 167 Å². The lowest BCUT2D eigenvalue weighted by atomic mass is 9.67. The Morgan fingerprint density at radius 3 is 1.68 bits per heavy atom. The molecule has 0 aliphatic heterocycles. The van der Waals surface area contributed by atoms with Crippen LogP contribution in [0.4, 0.5) is 25.8 Å². The molecule has 0 atom stereocenters. The fourth-order valence-electron chi connectivity index (χ4n) is 13.3. The number of fused-ring (bicyclic) bond motifs is 16. The molecule has 0 saturated carbocycles. The Bertz CT molecular complexity index is 4190. The van der Waals surface area contributed by atoms with E-state index in [0.29, 0.717) is 11.1 Å². The highest BCUT2D eigenvalue weighted by atomic mass is 19.1. The van der Waals surface area contributed by atoms with Gasteiger partial charge in [0.05, 0.1) is 5.41 Å². The van der Waals surface area contributed by atoms with Gasteiger partial charge in [0.1, 0.15) is 22.8 Å². The Labute approximate surface area is 443 Å². The maximum atomic E-state index is 17.4. The van der Waals surface area contributed by atoms with E-state index < -0.39 is 17.0 Å². The summed E-state index contributed by atoms with van der Waals surface area (Å²) in [5, 5.41) is 2.21. The average molecular weight is 990 g/mol. The van der Waals surface area contributed by atoms with E-state index in [1.54, 1.807) is 12.1 Å². The van der Waals surface area contributed by atoms with Crippen LogP contribution >= 0.6 is 0 Å². The number of para-hydroxylation sites is 1. The fourth-order valence-corrected chi connectivity index (χ4v) is 13.3. The monoisotopic (exact) mass is 989 g/mol. The molecule has 3 aliphatic rings. The zero-order valence-corrected chi connectivity index (χ0v) is 44.2. The number of nitrogens with zero attached hydrogens (tertiary/aromatic N) is 1. The minimum absolute atomic E-state index is 0.188. The molecule has 1 heterocycles. The van der Waals surface area contributed by atoms with E-state index >= 15 is 8.78 Å². The second-order valence-corrected chi connectivity index (χ2v) is 23.9. The molecule has 370 valence electrons. The minimum Gasteiger partial charge on any atom is -0.456 e. The third-order valence-electron chi connectivity index (χ3n) is 17.1. The first-order valence-electron chi connectivity index (χ1n) is 26.6. The predicted molar refractivity (Wildman–Crippen MR) is 310 cm³/mol. The van der Waals surface area contributed by atoms with Gasteiger partial charge < -0.3 is 9.32 Å². The smallest absolute Gasteiger partial charge is 0.136 e. The topological polar surface area (TPSA) is 16.4 Å². The SMILES string of the molecule is CC(C)(C)c1ccc2c(c1)C1(c3cc(C(C)(C)C)ccc3-2)c2cccc(F)c2-c2c(F)ccc(-c3cccc(N(c4ccc(-c5ccc6c(c5)oc5ccccc56)cc4)c4ccc5c(c4)C(C)(C)c4ccccc4-5)c3)c21. The van der Waals surface area contributed by atoms with E-state index in [9.17, 15) is 0 Å². The van der Waals surface area contributed by atoms with Gasteiger partial charge in [-0.2, -0.15) is 0 Å². The Morgan fingerprint density at radius 1 is 0.382 bits per heavy atom.